The Labute approximate surface area is 273 Å². The first-order valence-electron chi connectivity index (χ1n) is 14.1. The molecule has 46 heavy (non-hydrogen) atoms. The summed E-state index contributed by atoms with van der Waals surface area (Å²) in [5.41, 5.74) is 1.79. The number of aliphatic hydroxyl groups is 1. The molecule has 0 saturated carbocycles. The molecule has 2 heterocycles. The number of rotatable bonds is 10. The lowest BCUT2D eigenvalue weighted by Gasteiger charge is -2.23. The maximum atomic E-state index is 13.7. The molecule has 1 atom stereocenters. The van der Waals surface area contributed by atoms with Crippen LogP contribution in [0.15, 0.2) is 88.8 Å². The number of carbonyl (C=O) groups excluding carboxylic acids is 2. The van der Waals surface area contributed by atoms with E-state index in [0.717, 1.165) is 16.3 Å². The molecule has 4 aromatic carbocycles. The highest BCUT2D eigenvalue weighted by Gasteiger charge is 2.48. The van der Waals surface area contributed by atoms with Crippen LogP contribution < -0.4 is 23.8 Å². The number of thioether (sulfide) groups is 1. The number of ketones is 1. The molecule has 0 spiro atoms. The third-order valence-electron chi connectivity index (χ3n) is 7.66. The van der Waals surface area contributed by atoms with E-state index in [9.17, 15) is 14.7 Å². The van der Waals surface area contributed by atoms with Crippen LogP contribution in [0.3, 0.4) is 0 Å². The Kier molecular flexibility index (Phi) is 8.82. The van der Waals surface area contributed by atoms with E-state index in [2.05, 4.69) is 34.5 Å². The molecule has 1 aromatic heterocycles. The number of benzene rings is 4. The first kappa shape index (κ1) is 30.9. The quantitative estimate of drug-likeness (QED) is 0.0576. The number of hydrogen-bond donors (Lipinski definition) is 1. The van der Waals surface area contributed by atoms with Gasteiger partial charge in [0.1, 0.15) is 5.76 Å². The van der Waals surface area contributed by atoms with Crippen LogP contribution in [0.2, 0.25) is 0 Å². The summed E-state index contributed by atoms with van der Waals surface area (Å²) in [4.78, 5) is 28.7. The Bertz CT molecular complexity index is 1990. The van der Waals surface area contributed by atoms with Crippen molar-refractivity contribution in [1.29, 1.82) is 0 Å². The number of methoxy groups -OCH3 is 4. The van der Waals surface area contributed by atoms with E-state index < -0.39 is 17.7 Å². The minimum absolute atomic E-state index is 0.121. The van der Waals surface area contributed by atoms with E-state index in [1.54, 1.807) is 36.4 Å². The Morgan fingerprint density at radius 1 is 0.826 bits per heavy atom. The zero-order valence-electron chi connectivity index (χ0n) is 25.3. The molecule has 1 fully saturated rings. The Morgan fingerprint density at radius 3 is 2.24 bits per heavy atom. The van der Waals surface area contributed by atoms with Crippen LogP contribution in [-0.2, 0) is 15.3 Å². The van der Waals surface area contributed by atoms with Crippen LogP contribution in [0.5, 0.6) is 23.0 Å². The number of hydrogen-bond acceptors (Lipinski definition) is 11. The minimum Gasteiger partial charge on any atom is -0.507 e. The maximum absolute atomic E-state index is 13.7. The fraction of sp³-hybridized carbons (Fsp3) is 0.176. The van der Waals surface area contributed by atoms with Gasteiger partial charge >= 0.3 is 5.91 Å². The highest BCUT2D eigenvalue weighted by molar-refractivity contribution is 8.00. The normalized spacial score (nSPS) is 15.7. The molecule has 1 amide bonds. The lowest BCUT2D eigenvalue weighted by atomic mass is 9.95. The van der Waals surface area contributed by atoms with Crippen molar-refractivity contribution >= 4 is 56.5 Å². The molecule has 0 unspecified atom stereocenters. The molecule has 0 radical (unpaired) electrons. The number of aromatic nitrogens is 2. The van der Waals surface area contributed by atoms with Gasteiger partial charge in [0.15, 0.2) is 27.3 Å². The van der Waals surface area contributed by atoms with Crippen LogP contribution in [-0.4, -0.2) is 55.4 Å². The van der Waals surface area contributed by atoms with Crippen molar-refractivity contribution in [3.05, 3.63) is 101 Å². The molecule has 234 valence electrons. The number of aliphatic hydroxyl groups excluding tert-OH is 1. The van der Waals surface area contributed by atoms with Crippen LogP contribution in [0.1, 0.15) is 22.7 Å². The second kappa shape index (κ2) is 13.1. The van der Waals surface area contributed by atoms with Crippen molar-refractivity contribution in [2.75, 3.05) is 33.3 Å². The highest BCUT2D eigenvalue weighted by Crippen LogP contribution is 2.46. The van der Waals surface area contributed by atoms with E-state index in [1.165, 1.54) is 56.4 Å². The van der Waals surface area contributed by atoms with E-state index in [1.807, 2.05) is 18.2 Å². The van der Waals surface area contributed by atoms with Crippen LogP contribution in [0.4, 0.5) is 5.13 Å². The van der Waals surface area contributed by atoms with Crippen molar-refractivity contribution < 1.29 is 33.6 Å². The summed E-state index contributed by atoms with van der Waals surface area (Å²) >= 11 is 2.68. The smallest absolute Gasteiger partial charge is 0.301 e. The average molecular weight is 656 g/mol. The number of amides is 1. The van der Waals surface area contributed by atoms with Gasteiger partial charge in [-0.05, 0) is 52.2 Å². The van der Waals surface area contributed by atoms with Gasteiger partial charge in [-0.25, -0.2) is 0 Å². The zero-order valence-corrected chi connectivity index (χ0v) is 27.0. The standard InChI is InChI=1S/C34H29N3O7S2/c1-41-24-14-12-20(16-26(24)43-3)29-28(30(38)21-13-15-25(42-2)27(17-21)44-4)31(39)32(40)37(29)33-35-36-34(46-33)45-18-22-10-7-9-19-8-5-6-11-23(19)22/h5-17,29,38H,18H2,1-4H3/t29-/m1/s1. The second-order valence-electron chi connectivity index (χ2n) is 10.1. The third kappa shape index (κ3) is 5.61. The molecule has 6 rings (SSSR count). The van der Waals surface area contributed by atoms with E-state index in [0.29, 0.717) is 38.7 Å². The van der Waals surface area contributed by atoms with Crippen molar-refractivity contribution in [2.24, 2.45) is 0 Å². The first-order chi connectivity index (χ1) is 22.4. The molecule has 0 bridgehead atoms. The lowest BCUT2D eigenvalue weighted by molar-refractivity contribution is -0.132. The van der Waals surface area contributed by atoms with Gasteiger partial charge in [-0.3, -0.25) is 14.5 Å². The topological polar surface area (TPSA) is 120 Å². The lowest BCUT2D eigenvalue weighted by Crippen LogP contribution is -2.29. The van der Waals surface area contributed by atoms with Crippen molar-refractivity contribution in [1.82, 2.24) is 10.2 Å². The molecule has 1 aliphatic rings. The average Bonchev–Trinajstić information content (AvgIpc) is 3.67. The number of Topliss-reactive ketones (excluding diaryl/α,β-unsaturated/α-hetero) is 1. The van der Waals surface area contributed by atoms with Gasteiger partial charge in [-0.2, -0.15) is 0 Å². The summed E-state index contributed by atoms with van der Waals surface area (Å²) in [7, 11) is 5.97. The number of nitrogens with zero attached hydrogens (tertiary/aromatic N) is 3. The van der Waals surface area contributed by atoms with Crippen molar-refractivity contribution in [3.63, 3.8) is 0 Å². The van der Waals surface area contributed by atoms with Crippen molar-refractivity contribution in [2.45, 2.75) is 16.1 Å². The molecule has 0 aliphatic carbocycles. The molecular weight excluding hydrogens is 627 g/mol. The monoisotopic (exact) mass is 655 g/mol. The fourth-order valence-electron chi connectivity index (χ4n) is 5.42. The first-order valence-corrected chi connectivity index (χ1v) is 15.9. The van der Waals surface area contributed by atoms with Crippen molar-refractivity contribution in [3.8, 4) is 23.0 Å². The zero-order chi connectivity index (χ0) is 32.4. The van der Waals surface area contributed by atoms with Crippen LogP contribution in [0.25, 0.3) is 16.5 Å². The van der Waals surface area contributed by atoms with Gasteiger partial charge < -0.3 is 24.1 Å². The molecule has 1 saturated heterocycles. The number of anilines is 1. The molecule has 10 nitrogen and oxygen atoms in total. The van der Waals surface area contributed by atoms with Gasteiger partial charge in [0.25, 0.3) is 5.78 Å². The van der Waals surface area contributed by atoms with Gasteiger partial charge in [0.2, 0.25) is 5.13 Å². The maximum Gasteiger partial charge on any atom is 0.301 e. The summed E-state index contributed by atoms with van der Waals surface area (Å²) < 4.78 is 22.3. The summed E-state index contributed by atoms with van der Waals surface area (Å²) in [6, 6.07) is 23.1. The summed E-state index contributed by atoms with van der Waals surface area (Å²) in [5.74, 6) is 0.186. The Hall–Kier alpha value is -5.07. The third-order valence-corrected chi connectivity index (χ3v) is 9.76. The fourth-order valence-corrected chi connectivity index (χ4v) is 7.29. The largest absolute Gasteiger partial charge is 0.507 e. The van der Waals surface area contributed by atoms with Gasteiger partial charge in [-0.15, -0.1) is 10.2 Å². The number of ether oxygens (including phenoxy) is 4. The molecule has 12 heteroatoms. The number of fused-ring (bicyclic) bond motifs is 1. The van der Waals surface area contributed by atoms with Gasteiger partial charge in [-0.1, -0.05) is 71.6 Å². The van der Waals surface area contributed by atoms with Gasteiger partial charge in [0.05, 0.1) is 40.1 Å². The summed E-state index contributed by atoms with van der Waals surface area (Å²) in [6.07, 6.45) is 0. The number of carbonyl (C=O) groups is 2. The second-order valence-corrected chi connectivity index (χ2v) is 12.3. The Balaban J connectivity index is 1.41. The Morgan fingerprint density at radius 2 is 1.50 bits per heavy atom. The van der Waals surface area contributed by atoms with Crippen LogP contribution in [0, 0.1) is 0 Å². The SMILES string of the molecule is COc1ccc(C(O)=C2C(=O)C(=O)N(c3nnc(SCc4cccc5ccccc45)s3)[C@@H]2c2ccc(OC)c(OC)c2)cc1OC. The predicted octanol–water partition coefficient (Wildman–Crippen LogP) is 6.64. The molecule has 1 N–H and O–H groups in total. The molecule has 5 aromatic rings. The highest BCUT2D eigenvalue weighted by atomic mass is 32.2. The van der Waals surface area contributed by atoms with E-state index in [4.69, 9.17) is 18.9 Å². The molecular formula is C34H29N3O7S2. The predicted molar refractivity (Wildman–Crippen MR) is 177 cm³/mol. The summed E-state index contributed by atoms with van der Waals surface area (Å²) in [6.45, 7) is 0. The van der Waals surface area contributed by atoms with Crippen LogP contribution >= 0.6 is 23.1 Å². The van der Waals surface area contributed by atoms with E-state index in [-0.39, 0.29) is 22.0 Å². The summed E-state index contributed by atoms with van der Waals surface area (Å²) in [5, 5.41) is 22.8. The van der Waals surface area contributed by atoms with Gasteiger partial charge in [0, 0.05) is 11.3 Å². The minimum atomic E-state index is -1.04. The van der Waals surface area contributed by atoms with E-state index >= 15 is 0 Å². The molecule has 1 aliphatic heterocycles.